The van der Waals surface area contributed by atoms with Crippen LogP contribution in [-0.4, -0.2) is 19.4 Å². The van der Waals surface area contributed by atoms with Crippen LogP contribution in [0.4, 0.5) is 5.69 Å². The summed E-state index contributed by atoms with van der Waals surface area (Å²) in [5, 5.41) is 0. The summed E-state index contributed by atoms with van der Waals surface area (Å²) in [6, 6.07) is 15.9. The number of Topliss-reactive ketones (excluding diaryl/α,β-unsaturated/α-hetero) is 1. The largest absolute Gasteiger partial charge is 0.374 e. The minimum absolute atomic E-state index is 0.164. The van der Waals surface area contributed by atoms with Crippen LogP contribution < -0.4 is 4.90 Å². The maximum Gasteiger partial charge on any atom is 0.165 e. The molecular weight excluding hydrogens is 314 g/mol. The van der Waals surface area contributed by atoms with Gasteiger partial charge in [0.1, 0.15) is 0 Å². The SMILES string of the molecule is Cc1cccc(N(C)CCC(=O)c2ccccc2Br)c1. The van der Waals surface area contributed by atoms with Crippen molar-refractivity contribution in [2.75, 3.05) is 18.5 Å². The van der Waals surface area contributed by atoms with Crippen LogP contribution in [0.5, 0.6) is 0 Å². The molecule has 0 fully saturated rings. The van der Waals surface area contributed by atoms with Crippen LogP contribution in [0.1, 0.15) is 22.3 Å². The third kappa shape index (κ3) is 3.70. The zero-order valence-corrected chi connectivity index (χ0v) is 13.4. The van der Waals surface area contributed by atoms with Gasteiger partial charge in [0, 0.05) is 35.7 Å². The molecule has 0 N–H and O–H groups in total. The van der Waals surface area contributed by atoms with Gasteiger partial charge in [0.05, 0.1) is 0 Å². The van der Waals surface area contributed by atoms with E-state index >= 15 is 0 Å². The third-order valence-corrected chi connectivity index (χ3v) is 3.98. The van der Waals surface area contributed by atoms with E-state index in [9.17, 15) is 4.79 Å². The summed E-state index contributed by atoms with van der Waals surface area (Å²) in [6.07, 6.45) is 0.507. The summed E-state index contributed by atoms with van der Waals surface area (Å²) < 4.78 is 0.864. The Morgan fingerprint density at radius 3 is 2.60 bits per heavy atom. The van der Waals surface area contributed by atoms with Crippen LogP contribution in [-0.2, 0) is 0 Å². The van der Waals surface area contributed by atoms with Gasteiger partial charge in [-0.3, -0.25) is 4.79 Å². The number of rotatable bonds is 5. The molecule has 0 radical (unpaired) electrons. The summed E-state index contributed by atoms with van der Waals surface area (Å²) in [6.45, 7) is 2.78. The van der Waals surface area contributed by atoms with Gasteiger partial charge in [0.25, 0.3) is 0 Å². The second-order valence-corrected chi connectivity index (χ2v) is 5.77. The van der Waals surface area contributed by atoms with E-state index in [1.165, 1.54) is 5.56 Å². The predicted octanol–water partition coefficient (Wildman–Crippen LogP) is 4.47. The summed E-state index contributed by atoms with van der Waals surface area (Å²) in [4.78, 5) is 14.3. The summed E-state index contributed by atoms with van der Waals surface area (Å²) in [7, 11) is 2.02. The maximum absolute atomic E-state index is 12.2. The van der Waals surface area contributed by atoms with Gasteiger partial charge in [0.15, 0.2) is 5.78 Å². The number of nitrogens with zero attached hydrogens (tertiary/aromatic N) is 1. The molecule has 0 heterocycles. The molecule has 0 saturated carbocycles. The number of halogens is 1. The standard InChI is InChI=1S/C17H18BrNO/c1-13-6-5-7-14(12-13)19(2)11-10-17(20)15-8-3-4-9-16(15)18/h3-9,12H,10-11H2,1-2H3. The lowest BCUT2D eigenvalue weighted by Gasteiger charge is -2.19. The van der Waals surface area contributed by atoms with Crippen LogP contribution in [0, 0.1) is 6.92 Å². The van der Waals surface area contributed by atoms with Crippen molar-refractivity contribution in [1.82, 2.24) is 0 Å². The van der Waals surface area contributed by atoms with Crippen molar-refractivity contribution < 1.29 is 4.79 Å². The molecular formula is C17H18BrNO. The number of carbonyl (C=O) groups is 1. The summed E-state index contributed by atoms with van der Waals surface area (Å²) in [5.41, 5.74) is 3.13. The zero-order valence-electron chi connectivity index (χ0n) is 11.8. The Balaban J connectivity index is 1.99. The second-order valence-electron chi connectivity index (χ2n) is 4.91. The first kappa shape index (κ1) is 14.8. The molecule has 0 bridgehead atoms. The van der Waals surface area contributed by atoms with E-state index in [-0.39, 0.29) is 5.78 Å². The topological polar surface area (TPSA) is 20.3 Å². The Bertz CT molecular complexity index is 609. The number of hydrogen-bond acceptors (Lipinski definition) is 2. The monoisotopic (exact) mass is 331 g/mol. The molecule has 0 atom stereocenters. The van der Waals surface area contributed by atoms with Crippen molar-refractivity contribution >= 4 is 27.4 Å². The lowest BCUT2D eigenvalue weighted by Crippen LogP contribution is -2.21. The van der Waals surface area contributed by atoms with E-state index in [4.69, 9.17) is 0 Å². The van der Waals surface area contributed by atoms with E-state index < -0.39 is 0 Å². The van der Waals surface area contributed by atoms with E-state index in [0.29, 0.717) is 13.0 Å². The molecule has 2 nitrogen and oxygen atoms in total. The first-order valence-corrected chi connectivity index (χ1v) is 7.43. The molecule has 0 aliphatic rings. The van der Waals surface area contributed by atoms with Crippen molar-refractivity contribution in [3.63, 3.8) is 0 Å². The molecule has 3 heteroatoms. The van der Waals surface area contributed by atoms with E-state index in [0.717, 1.165) is 15.7 Å². The first-order valence-electron chi connectivity index (χ1n) is 6.63. The molecule has 2 aromatic rings. The van der Waals surface area contributed by atoms with Gasteiger partial charge < -0.3 is 4.90 Å². The zero-order chi connectivity index (χ0) is 14.5. The average Bonchev–Trinajstić information content (AvgIpc) is 2.45. The molecule has 0 aromatic heterocycles. The molecule has 20 heavy (non-hydrogen) atoms. The van der Waals surface area contributed by atoms with Gasteiger partial charge in [-0.05, 0) is 30.7 Å². The van der Waals surface area contributed by atoms with Crippen molar-refractivity contribution in [1.29, 1.82) is 0 Å². The Kier molecular flexibility index (Phi) is 4.96. The fraction of sp³-hybridized carbons (Fsp3) is 0.235. The molecule has 0 unspecified atom stereocenters. The minimum Gasteiger partial charge on any atom is -0.374 e. The van der Waals surface area contributed by atoms with Gasteiger partial charge in [-0.2, -0.15) is 0 Å². The molecule has 2 aromatic carbocycles. The van der Waals surface area contributed by atoms with Crippen LogP contribution in [0.25, 0.3) is 0 Å². The fourth-order valence-corrected chi connectivity index (χ4v) is 2.59. The Morgan fingerprint density at radius 1 is 1.15 bits per heavy atom. The normalized spacial score (nSPS) is 10.3. The van der Waals surface area contributed by atoms with Crippen molar-refractivity contribution in [3.05, 3.63) is 64.1 Å². The second kappa shape index (κ2) is 6.71. The predicted molar refractivity (Wildman–Crippen MR) is 87.5 cm³/mol. The van der Waals surface area contributed by atoms with E-state index in [2.05, 4.69) is 46.0 Å². The van der Waals surface area contributed by atoms with E-state index in [1.54, 1.807) is 0 Å². The summed E-state index contributed by atoms with van der Waals surface area (Å²) in [5.74, 6) is 0.164. The van der Waals surface area contributed by atoms with Crippen LogP contribution in [0.3, 0.4) is 0 Å². The van der Waals surface area contributed by atoms with Gasteiger partial charge in [-0.15, -0.1) is 0 Å². The van der Waals surface area contributed by atoms with Crippen molar-refractivity contribution in [2.24, 2.45) is 0 Å². The van der Waals surface area contributed by atoms with Crippen molar-refractivity contribution in [3.8, 4) is 0 Å². The number of aryl methyl sites for hydroxylation is 1. The van der Waals surface area contributed by atoms with Crippen LogP contribution in [0.2, 0.25) is 0 Å². The third-order valence-electron chi connectivity index (χ3n) is 3.29. The number of carbonyl (C=O) groups excluding carboxylic acids is 1. The lowest BCUT2D eigenvalue weighted by atomic mass is 10.1. The minimum atomic E-state index is 0.164. The number of ketones is 1. The highest BCUT2D eigenvalue weighted by molar-refractivity contribution is 9.10. The molecule has 0 aliphatic heterocycles. The van der Waals surface area contributed by atoms with Gasteiger partial charge >= 0.3 is 0 Å². The van der Waals surface area contributed by atoms with Crippen LogP contribution >= 0.6 is 15.9 Å². The Morgan fingerprint density at radius 2 is 1.90 bits per heavy atom. The quantitative estimate of drug-likeness (QED) is 0.753. The molecule has 2 rings (SSSR count). The smallest absolute Gasteiger partial charge is 0.165 e. The Labute approximate surface area is 128 Å². The highest BCUT2D eigenvalue weighted by Gasteiger charge is 2.10. The van der Waals surface area contributed by atoms with Gasteiger partial charge in [-0.25, -0.2) is 0 Å². The molecule has 0 spiro atoms. The number of anilines is 1. The summed E-state index contributed by atoms with van der Waals surface area (Å²) >= 11 is 3.42. The highest BCUT2D eigenvalue weighted by Crippen LogP contribution is 2.19. The fourth-order valence-electron chi connectivity index (χ4n) is 2.09. The number of benzene rings is 2. The number of hydrogen-bond donors (Lipinski definition) is 0. The Hall–Kier alpha value is -1.61. The molecule has 0 aliphatic carbocycles. The van der Waals surface area contributed by atoms with E-state index in [1.807, 2.05) is 37.4 Å². The maximum atomic E-state index is 12.2. The van der Waals surface area contributed by atoms with Gasteiger partial charge in [0.2, 0.25) is 0 Å². The molecule has 0 amide bonds. The van der Waals surface area contributed by atoms with Crippen LogP contribution in [0.15, 0.2) is 53.0 Å². The van der Waals surface area contributed by atoms with Gasteiger partial charge in [-0.1, -0.05) is 46.3 Å². The van der Waals surface area contributed by atoms with Crippen molar-refractivity contribution in [2.45, 2.75) is 13.3 Å². The first-order chi connectivity index (χ1) is 9.58. The lowest BCUT2D eigenvalue weighted by molar-refractivity contribution is 0.0984. The average molecular weight is 332 g/mol. The molecule has 104 valence electrons. The molecule has 0 saturated heterocycles. The highest BCUT2D eigenvalue weighted by atomic mass is 79.9.